The van der Waals surface area contributed by atoms with Gasteiger partial charge in [0.1, 0.15) is 0 Å². The summed E-state index contributed by atoms with van der Waals surface area (Å²) in [6.07, 6.45) is 0. The number of nitrogens with one attached hydrogen (secondary N) is 1. The number of amides is 1. The number of hydrogen-bond acceptors (Lipinski definition) is 6. The molecule has 1 aromatic heterocycles. The van der Waals surface area contributed by atoms with E-state index in [4.69, 9.17) is 4.74 Å². The largest absolute Gasteiger partial charge is 0.467 e. The first kappa shape index (κ1) is 21.6. The van der Waals surface area contributed by atoms with Crippen molar-refractivity contribution < 1.29 is 9.53 Å². The summed E-state index contributed by atoms with van der Waals surface area (Å²) in [7, 11) is 0. The van der Waals surface area contributed by atoms with E-state index >= 15 is 0 Å². The lowest BCUT2D eigenvalue weighted by atomic mass is 10.1. The van der Waals surface area contributed by atoms with Crippen LogP contribution in [0.2, 0.25) is 0 Å². The summed E-state index contributed by atoms with van der Waals surface area (Å²) in [5, 5.41) is 2.90. The maximum absolute atomic E-state index is 12.4. The van der Waals surface area contributed by atoms with Gasteiger partial charge in [-0.25, -0.2) is 4.98 Å². The highest BCUT2D eigenvalue weighted by atomic mass is 16.5. The molecule has 1 aliphatic rings. The number of hydrogen-bond donors (Lipinski definition) is 1. The number of aryl methyl sites for hydroxylation is 3. The van der Waals surface area contributed by atoms with E-state index < -0.39 is 0 Å². The normalized spacial score (nSPS) is 13.7. The highest BCUT2D eigenvalue weighted by molar-refractivity contribution is 5.92. The predicted octanol–water partition coefficient (Wildman–Crippen LogP) is 3.75. The molecule has 1 N–H and O–H groups in total. The molecule has 2 aromatic carbocycles. The van der Waals surface area contributed by atoms with Crippen LogP contribution >= 0.6 is 0 Å². The van der Waals surface area contributed by atoms with Crippen molar-refractivity contribution in [2.75, 3.05) is 47.9 Å². The third kappa shape index (κ3) is 5.35. The third-order valence-electron chi connectivity index (χ3n) is 5.51. The van der Waals surface area contributed by atoms with Crippen LogP contribution in [-0.4, -0.2) is 48.7 Å². The molecule has 32 heavy (non-hydrogen) atoms. The van der Waals surface area contributed by atoms with Crippen LogP contribution in [0.25, 0.3) is 0 Å². The zero-order valence-corrected chi connectivity index (χ0v) is 18.8. The number of nitrogens with zero attached hydrogens (tertiary/aromatic N) is 4. The molecular formula is C25H29N5O2. The minimum Gasteiger partial charge on any atom is -0.467 e. The monoisotopic (exact) mass is 431 g/mol. The summed E-state index contributed by atoms with van der Waals surface area (Å²) < 4.78 is 5.71. The molecule has 0 atom stereocenters. The Morgan fingerprint density at radius 2 is 1.66 bits per heavy atom. The van der Waals surface area contributed by atoms with Crippen molar-refractivity contribution >= 4 is 23.2 Å². The Labute approximate surface area is 189 Å². The molecule has 7 nitrogen and oxygen atoms in total. The number of carbonyl (C=O) groups excluding carboxylic acids is 1. The van der Waals surface area contributed by atoms with Crippen molar-refractivity contribution in [1.82, 2.24) is 9.97 Å². The van der Waals surface area contributed by atoms with Gasteiger partial charge in [0.25, 0.3) is 5.91 Å². The van der Waals surface area contributed by atoms with Crippen LogP contribution in [0, 0.1) is 20.8 Å². The molecule has 2 heterocycles. The lowest BCUT2D eigenvalue weighted by Gasteiger charge is -2.36. The summed E-state index contributed by atoms with van der Waals surface area (Å²) in [6, 6.07) is 18.1. The number of para-hydroxylation sites is 1. The van der Waals surface area contributed by atoms with Crippen molar-refractivity contribution in [3.63, 3.8) is 0 Å². The molecule has 3 aromatic rings. The van der Waals surface area contributed by atoms with Gasteiger partial charge in [0.05, 0.1) is 0 Å². The van der Waals surface area contributed by atoms with E-state index in [0.29, 0.717) is 11.8 Å². The number of carbonyl (C=O) groups is 1. The van der Waals surface area contributed by atoms with Gasteiger partial charge in [0, 0.05) is 49.3 Å². The van der Waals surface area contributed by atoms with E-state index in [1.165, 1.54) is 5.69 Å². The Bertz CT molecular complexity index is 1080. The zero-order chi connectivity index (χ0) is 22.5. The zero-order valence-electron chi connectivity index (χ0n) is 18.8. The van der Waals surface area contributed by atoms with Crippen LogP contribution in [-0.2, 0) is 4.79 Å². The number of aromatic nitrogens is 2. The molecule has 0 radical (unpaired) electrons. The molecule has 7 heteroatoms. The third-order valence-corrected chi connectivity index (χ3v) is 5.51. The molecule has 0 saturated carbocycles. The summed E-state index contributed by atoms with van der Waals surface area (Å²) >= 11 is 0. The average Bonchev–Trinajstić information content (AvgIpc) is 2.80. The molecule has 0 unspecified atom stereocenters. The van der Waals surface area contributed by atoms with Crippen molar-refractivity contribution in [2.24, 2.45) is 0 Å². The number of benzene rings is 2. The van der Waals surface area contributed by atoms with E-state index in [2.05, 4.69) is 49.4 Å². The first-order chi connectivity index (χ1) is 15.5. The van der Waals surface area contributed by atoms with E-state index in [9.17, 15) is 4.79 Å². The first-order valence-electron chi connectivity index (χ1n) is 10.9. The van der Waals surface area contributed by atoms with Gasteiger partial charge in [-0.3, -0.25) is 4.79 Å². The summed E-state index contributed by atoms with van der Waals surface area (Å²) in [5.74, 6) is 0.836. The van der Waals surface area contributed by atoms with E-state index in [0.717, 1.165) is 48.7 Å². The Balaban J connectivity index is 1.35. The van der Waals surface area contributed by atoms with Gasteiger partial charge in [-0.1, -0.05) is 35.9 Å². The Kier molecular flexibility index (Phi) is 6.54. The Hall–Kier alpha value is -3.61. The van der Waals surface area contributed by atoms with Crippen molar-refractivity contribution in [3.05, 3.63) is 71.4 Å². The number of piperazine rings is 1. The second-order valence-electron chi connectivity index (χ2n) is 8.11. The van der Waals surface area contributed by atoms with Crippen LogP contribution < -0.4 is 19.9 Å². The molecular weight excluding hydrogens is 402 g/mol. The fourth-order valence-electron chi connectivity index (χ4n) is 3.82. The average molecular weight is 432 g/mol. The van der Waals surface area contributed by atoms with Gasteiger partial charge in [0.15, 0.2) is 6.61 Å². The number of rotatable bonds is 6. The fourth-order valence-corrected chi connectivity index (χ4v) is 3.82. The predicted molar refractivity (Wildman–Crippen MR) is 128 cm³/mol. The highest BCUT2D eigenvalue weighted by Crippen LogP contribution is 2.21. The number of ether oxygens (including phenoxy) is 1. The number of anilines is 3. The first-order valence-corrected chi connectivity index (χ1v) is 10.9. The summed E-state index contributed by atoms with van der Waals surface area (Å²) in [6.45, 7) is 9.25. The summed E-state index contributed by atoms with van der Waals surface area (Å²) in [5.41, 5.74) is 5.01. The second kappa shape index (κ2) is 9.68. The molecule has 1 fully saturated rings. The molecule has 1 saturated heterocycles. The Morgan fingerprint density at radius 3 is 2.38 bits per heavy atom. The fraction of sp³-hybridized carbons (Fsp3) is 0.320. The van der Waals surface area contributed by atoms with Crippen molar-refractivity contribution in [2.45, 2.75) is 20.8 Å². The van der Waals surface area contributed by atoms with Crippen LogP contribution in [0.5, 0.6) is 5.88 Å². The maximum atomic E-state index is 12.4. The lowest BCUT2D eigenvalue weighted by molar-refractivity contribution is -0.118. The maximum Gasteiger partial charge on any atom is 0.262 e. The van der Waals surface area contributed by atoms with Crippen LogP contribution in [0.15, 0.2) is 54.6 Å². The van der Waals surface area contributed by atoms with Gasteiger partial charge in [-0.15, -0.1) is 0 Å². The topological polar surface area (TPSA) is 70.6 Å². The summed E-state index contributed by atoms with van der Waals surface area (Å²) in [4.78, 5) is 26.0. The van der Waals surface area contributed by atoms with Crippen LogP contribution in [0.3, 0.4) is 0 Å². The van der Waals surface area contributed by atoms with E-state index in [1.54, 1.807) is 6.07 Å². The van der Waals surface area contributed by atoms with Gasteiger partial charge in [-0.2, -0.15) is 4.98 Å². The second-order valence-corrected chi connectivity index (χ2v) is 8.11. The molecule has 0 bridgehead atoms. The van der Waals surface area contributed by atoms with E-state index in [-0.39, 0.29) is 12.5 Å². The highest BCUT2D eigenvalue weighted by Gasteiger charge is 2.20. The standard InChI is InChI=1S/C25H29N5O2/c1-18-9-10-22(19(2)15-18)27-23(31)17-32-24-16-20(3)26-25(28-24)30-13-11-29(12-14-30)21-7-5-4-6-8-21/h4-10,15-16H,11-14,17H2,1-3H3,(H,27,31). The SMILES string of the molecule is Cc1ccc(NC(=O)COc2cc(C)nc(N3CCN(c4ccccc4)CC3)n2)c(C)c1. The van der Waals surface area contributed by atoms with Crippen LogP contribution in [0.4, 0.5) is 17.3 Å². The molecule has 166 valence electrons. The lowest BCUT2D eigenvalue weighted by Crippen LogP contribution is -2.47. The molecule has 1 amide bonds. The van der Waals surface area contributed by atoms with E-state index in [1.807, 2.05) is 45.0 Å². The quantitative estimate of drug-likeness (QED) is 0.641. The molecule has 0 spiro atoms. The van der Waals surface area contributed by atoms with Crippen LogP contribution in [0.1, 0.15) is 16.8 Å². The minimum atomic E-state index is -0.216. The van der Waals surface area contributed by atoms with Gasteiger partial charge in [0.2, 0.25) is 11.8 Å². The molecule has 4 rings (SSSR count). The van der Waals surface area contributed by atoms with Crippen molar-refractivity contribution in [3.8, 4) is 5.88 Å². The van der Waals surface area contributed by atoms with Gasteiger partial charge in [-0.05, 0) is 44.5 Å². The molecule has 1 aliphatic heterocycles. The Morgan fingerprint density at radius 1 is 0.938 bits per heavy atom. The van der Waals surface area contributed by atoms with Crippen molar-refractivity contribution in [1.29, 1.82) is 0 Å². The molecule has 0 aliphatic carbocycles. The van der Waals surface area contributed by atoms with Gasteiger partial charge < -0.3 is 19.9 Å². The minimum absolute atomic E-state index is 0.106. The van der Waals surface area contributed by atoms with Gasteiger partial charge >= 0.3 is 0 Å². The smallest absolute Gasteiger partial charge is 0.262 e.